The van der Waals surface area contributed by atoms with E-state index in [2.05, 4.69) is 33.3 Å². The second-order valence-electron chi connectivity index (χ2n) is 6.85. The maximum atomic E-state index is 12.6. The molecule has 126 valence electrons. The molecular weight excluding hydrogens is 332 g/mol. The van der Waals surface area contributed by atoms with Gasteiger partial charge in [0.25, 0.3) is 5.91 Å². The summed E-state index contributed by atoms with van der Waals surface area (Å²) < 4.78 is 1.93. The van der Waals surface area contributed by atoms with Crippen LogP contribution in [-0.4, -0.2) is 38.9 Å². The fourth-order valence-electron chi connectivity index (χ4n) is 3.24. The Labute approximate surface area is 149 Å². The number of aromatic nitrogens is 3. The van der Waals surface area contributed by atoms with Crippen molar-refractivity contribution in [3.05, 3.63) is 58.5 Å². The van der Waals surface area contributed by atoms with Gasteiger partial charge in [-0.3, -0.25) is 4.79 Å². The van der Waals surface area contributed by atoms with E-state index in [9.17, 15) is 4.79 Å². The Morgan fingerprint density at radius 2 is 1.88 bits per heavy atom. The number of carbonyl (C=O) groups excluding carboxylic acids is 1. The van der Waals surface area contributed by atoms with Gasteiger partial charge in [-0.15, -0.1) is 5.10 Å². The lowest BCUT2D eigenvalue weighted by Gasteiger charge is -2.38. The van der Waals surface area contributed by atoms with Crippen LogP contribution in [0.15, 0.2) is 47.3 Å². The largest absolute Gasteiger partial charge is 0.334 e. The molecule has 3 aromatic rings. The third kappa shape index (κ3) is 2.76. The SMILES string of the molecule is O=C(c1ccc(-c2ccsc2)cc1)N1CC(n2cc(C3CC3)nn2)C1. The number of hydrogen-bond acceptors (Lipinski definition) is 4. The van der Waals surface area contributed by atoms with Crippen molar-refractivity contribution in [2.45, 2.75) is 24.8 Å². The summed E-state index contributed by atoms with van der Waals surface area (Å²) in [7, 11) is 0. The second-order valence-corrected chi connectivity index (χ2v) is 7.63. The van der Waals surface area contributed by atoms with E-state index in [4.69, 9.17) is 0 Å². The number of rotatable bonds is 4. The van der Waals surface area contributed by atoms with Crippen LogP contribution in [0.25, 0.3) is 11.1 Å². The average Bonchev–Trinajstić information content (AvgIpc) is 3.10. The first-order valence-electron chi connectivity index (χ1n) is 8.61. The summed E-state index contributed by atoms with van der Waals surface area (Å²) in [6.07, 6.45) is 4.52. The standard InChI is InChI=1S/C19H18N4OS/c24-19(15-5-1-13(2-6-15)16-7-8-25-12-16)22-9-17(10-22)23-11-18(20-21-23)14-3-4-14/h1-2,5-8,11-12,14,17H,3-4,9-10H2. The van der Waals surface area contributed by atoms with Crippen molar-refractivity contribution in [1.29, 1.82) is 0 Å². The van der Waals surface area contributed by atoms with Crippen LogP contribution < -0.4 is 0 Å². The minimum absolute atomic E-state index is 0.0932. The van der Waals surface area contributed by atoms with Gasteiger partial charge in [-0.2, -0.15) is 11.3 Å². The summed E-state index contributed by atoms with van der Waals surface area (Å²) in [4.78, 5) is 14.5. The molecule has 0 bridgehead atoms. The van der Waals surface area contributed by atoms with Gasteiger partial charge >= 0.3 is 0 Å². The third-order valence-electron chi connectivity index (χ3n) is 5.03. The van der Waals surface area contributed by atoms with E-state index in [0.717, 1.165) is 16.8 Å². The van der Waals surface area contributed by atoms with Crippen LogP contribution in [0.3, 0.4) is 0 Å². The molecule has 5 nitrogen and oxygen atoms in total. The van der Waals surface area contributed by atoms with Crippen LogP contribution in [-0.2, 0) is 0 Å². The molecule has 5 rings (SSSR count). The van der Waals surface area contributed by atoms with Crippen molar-refractivity contribution in [3.8, 4) is 11.1 Å². The van der Waals surface area contributed by atoms with Crippen LogP contribution in [0.5, 0.6) is 0 Å². The number of hydrogen-bond donors (Lipinski definition) is 0. The van der Waals surface area contributed by atoms with Gasteiger partial charge in [0.1, 0.15) is 0 Å². The highest BCUT2D eigenvalue weighted by Gasteiger charge is 2.34. The van der Waals surface area contributed by atoms with Gasteiger partial charge in [-0.25, -0.2) is 4.68 Å². The summed E-state index contributed by atoms with van der Waals surface area (Å²) in [6, 6.07) is 10.2. The van der Waals surface area contributed by atoms with E-state index in [1.54, 1.807) is 11.3 Å². The molecule has 1 saturated carbocycles. The smallest absolute Gasteiger partial charge is 0.253 e. The number of nitrogens with zero attached hydrogens (tertiary/aromatic N) is 4. The first-order valence-corrected chi connectivity index (χ1v) is 9.56. The fourth-order valence-corrected chi connectivity index (χ4v) is 3.91. The lowest BCUT2D eigenvalue weighted by Crippen LogP contribution is -2.50. The number of carbonyl (C=O) groups is 1. The van der Waals surface area contributed by atoms with E-state index < -0.39 is 0 Å². The van der Waals surface area contributed by atoms with E-state index in [-0.39, 0.29) is 11.9 Å². The Morgan fingerprint density at radius 1 is 1.08 bits per heavy atom. The van der Waals surface area contributed by atoms with Crippen molar-refractivity contribution in [2.24, 2.45) is 0 Å². The van der Waals surface area contributed by atoms with Crippen LogP contribution in [0, 0.1) is 0 Å². The van der Waals surface area contributed by atoms with Gasteiger partial charge < -0.3 is 4.90 Å². The lowest BCUT2D eigenvalue weighted by molar-refractivity contribution is 0.0498. The highest BCUT2D eigenvalue weighted by molar-refractivity contribution is 7.08. The molecule has 3 heterocycles. The Morgan fingerprint density at radius 3 is 2.56 bits per heavy atom. The van der Waals surface area contributed by atoms with Gasteiger partial charge in [-0.1, -0.05) is 17.3 Å². The summed E-state index contributed by atoms with van der Waals surface area (Å²) in [5, 5.41) is 12.7. The topological polar surface area (TPSA) is 51.0 Å². The molecule has 0 spiro atoms. The van der Waals surface area contributed by atoms with E-state index in [1.165, 1.54) is 18.4 Å². The Kier molecular flexibility index (Phi) is 3.45. The summed E-state index contributed by atoms with van der Waals surface area (Å²) in [5.74, 6) is 0.712. The molecule has 1 aliphatic heterocycles. The minimum atomic E-state index is 0.0932. The van der Waals surface area contributed by atoms with Gasteiger partial charge in [0.2, 0.25) is 0 Å². The molecule has 1 aromatic carbocycles. The van der Waals surface area contributed by atoms with Crippen molar-refractivity contribution in [1.82, 2.24) is 19.9 Å². The van der Waals surface area contributed by atoms with Crippen molar-refractivity contribution >= 4 is 17.2 Å². The molecule has 2 aliphatic rings. The molecule has 25 heavy (non-hydrogen) atoms. The lowest BCUT2D eigenvalue weighted by atomic mass is 10.0. The van der Waals surface area contributed by atoms with Crippen LogP contribution >= 0.6 is 11.3 Å². The number of amides is 1. The van der Waals surface area contributed by atoms with Crippen molar-refractivity contribution < 1.29 is 4.79 Å². The molecule has 1 saturated heterocycles. The predicted molar refractivity (Wildman–Crippen MR) is 96.7 cm³/mol. The molecule has 0 N–H and O–H groups in total. The van der Waals surface area contributed by atoms with Gasteiger partial charge in [0, 0.05) is 30.8 Å². The fraction of sp³-hybridized carbons (Fsp3) is 0.316. The summed E-state index contributed by atoms with van der Waals surface area (Å²) in [5.41, 5.74) is 4.20. The molecular formula is C19H18N4OS. The molecule has 1 aliphatic carbocycles. The molecule has 0 radical (unpaired) electrons. The highest BCUT2D eigenvalue weighted by Crippen LogP contribution is 2.39. The quantitative estimate of drug-likeness (QED) is 0.723. The molecule has 6 heteroatoms. The van der Waals surface area contributed by atoms with Gasteiger partial charge in [0.15, 0.2) is 0 Å². The Hall–Kier alpha value is -2.47. The van der Waals surface area contributed by atoms with Crippen LogP contribution in [0.1, 0.15) is 40.9 Å². The number of benzene rings is 1. The van der Waals surface area contributed by atoms with Crippen molar-refractivity contribution in [3.63, 3.8) is 0 Å². The van der Waals surface area contributed by atoms with E-state index in [1.807, 2.05) is 33.8 Å². The zero-order chi connectivity index (χ0) is 16.8. The van der Waals surface area contributed by atoms with Crippen LogP contribution in [0.4, 0.5) is 0 Å². The molecule has 0 atom stereocenters. The van der Waals surface area contributed by atoms with E-state index in [0.29, 0.717) is 19.0 Å². The predicted octanol–water partition coefficient (Wildman–Crippen LogP) is 3.58. The summed E-state index contributed by atoms with van der Waals surface area (Å²) in [6.45, 7) is 1.41. The molecule has 2 aromatic heterocycles. The van der Waals surface area contributed by atoms with Crippen LogP contribution in [0.2, 0.25) is 0 Å². The number of likely N-dealkylation sites (tertiary alicyclic amines) is 1. The average molecular weight is 350 g/mol. The number of thiophene rings is 1. The third-order valence-corrected chi connectivity index (χ3v) is 5.72. The molecule has 2 fully saturated rings. The van der Waals surface area contributed by atoms with E-state index >= 15 is 0 Å². The zero-order valence-electron chi connectivity index (χ0n) is 13.7. The Bertz CT molecular complexity index is 890. The van der Waals surface area contributed by atoms with Gasteiger partial charge in [-0.05, 0) is 52.9 Å². The van der Waals surface area contributed by atoms with Gasteiger partial charge in [0.05, 0.1) is 11.7 Å². The minimum Gasteiger partial charge on any atom is -0.334 e. The molecule has 1 amide bonds. The first-order chi connectivity index (χ1) is 12.3. The normalized spacial score (nSPS) is 17.5. The maximum absolute atomic E-state index is 12.6. The van der Waals surface area contributed by atoms with Crippen molar-refractivity contribution in [2.75, 3.05) is 13.1 Å². The Balaban J connectivity index is 1.23. The monoisotopic (exact) mass is 350 g/mol. The first kappa shape index (κ1) is 14.8. The second kappa shape index (κ2) is 5.81. The summed E-state index contributed by atoms with van der Waals surface area (Å²) >= 11 is 1.68. The molecule has 0 unspecified atom stereocenters. The maximum Gasteiger partial charge on any atom is 0.253 e. The highest BCUT2D eigenvalue weighted by atomic mass is 32.1. The zero-order valence-corrected chi connectivity index (χ0v) is 14.5.